The molecule has 4 aromatic carbocycles. The number of aliphatic hydroxyl groups is 1. The number of rotatable bonds is 14. The molecule has 1 saturated carbocycles. The van der Waals surface area contributed by atoms with Gasteiger partial charge in [0.2, 0.25) is 0 Å². The van der Waals surface area contributed by atoms with Crippen LogP contribution >= 0.6 is 11.6 Å². The van der Waals surface area contributed by atoms with Crippen LogP contribution in [0.25, 0.3) is 0 Å². The molecule has 0 spiro atoms. The highest BCUT2D eigenvalue weighted by atomic mass is 35.5. The Hall–Kier alpha value is -3.55. The smallest absolute Gasteiger partial charge is 0.177 e. The van der Waals surface area contributed by atoms with Crippen LogP contribution in [0.3, 0.4) is 0 Å². The minimum atomic E-state index is -1.44. The molecule has 4 aromatic rings. The summed E-state index contributed by atoms with van der Waals surface area (Å²) in [7, 11) is 3.30. The van der Waals surface area contributed by atoms with E-state index in [1.165, 1.54) is 0 Å². The molecular weight excluding hydrogens is 588 g/mol. The van der Waals surface area contributed by atoms with Gasteiger partial charge in [-0.2, -0.15) is 0 Å². The van der Waals surface area contributed by atoms with Gasteiger partial charge in [0.05, 0.1) is 40.6 Å². The van der Waals surface area contributed by atoms with Crippen molar-refractivity contribution in [2.75, 3.05) is 27.4 Å². The van der Waals surface area contributed by atoms with E-state index in [4.69, 9.17) is 35.3 Å². The third-order valence-corrected chi connectivity index (χ3v) is 8.98. The fraction of sp³-hybridized carbons (Fsp3) is 0.368. The zero-order chi connectivity index (χ0) is 31.6. The summed E-state index contributed by atoms with van der Waals surface area (Å²) in [6.07, 6.45) is 3.21. The summed E-state index contributed by atoms with van der Waals surface area (Å²) in [5.74, 6) is 0.512. The lowest BCUT2D eigenvalue weighted by Crippen LogP contribution is -2.50. The second-order valence-electron chi connectivity index (χ2n) is 11.5. The summed E-state index contributed by atoms with van der Waals surface area (Å²) in [6, 6.07) is 29.8. The molecule has 3 atom stereocenters. The summed E-state index contributed by atoms with van der Waals surface area (Å²) in [4.78, 5) is 0. The van der Waals surface area contributed by atoms with E-state index in [-0.39, 0.29) is 18.4 Å². The minimum absolute atomic E-state index is 0.224. The average molecular weight is 631 g/mol. The third-order valence-electron chi connectivity index (χ3n) is 8.61. The van der Waals surface area contributed by atoms with Crippen LogP contribution in [0.2, 0.25) is 5.02 Å². The Morgan fingerprint density at radius 1 is 0.756 bits per heavy atom. The van der Waals surface area contributed by atoms with Crippen molar-refractivity contribution in [3.63, 3.8) is 0 Å². The van der Waals surface area contributed by atoms with Crippen LogP contribution in [0, 0.1) is 5.92 Å². The van der Waals surface area contributed by atoms with Crippen molar-refractivity contribution >= 4 is 11.6 Å². The molecule has 238 valence electrons. The maximum absolute atomic E-state index is 12.5. The van der Waals surface area contributed by atoms with Gasteiger partial charge in [-0.05, 0) is 96.5 Å². The quantitative estimate of drug-likeness (QED) is 0.141. The van der Waals surface area contributed by atoms with Gasteiger partial charge in [-0.3, -0.25) is 0 Å². The SMILES string of the molecule is CCOc1ccc(Cc2cc(C3CCCC(COCc4ccc(OC)cc4)C3(O)OCc3ccc(OC)cc3)ccc2Cl)cc1. The fourth-order valence-electron chi connectivity index (χ4n) is 6.09. The molecule has 0 heterocycles. The molecule has 1 fully saturated rings. The van der Waals surface area contributed by atoms with E-state index in [9.17, 15) is 5.11 Å². The molecule has 1 aliphatic rings. The lowest BCUT2D eigenvalue weighted by Gasteiger charge is -2.45. The number of halogens is 1. The monoisotopic (exact) mass is 630 g/mol. The highest BCUT2D eigenvalue weighted by molar-refractivity contribution is 6.31. The maximum atomic E-state index is 12.5. The van der Waals surface area contributed by atoms with Crippen molar-refractivity contribution in [2.24, 2.45) is 5.92 Å². The van der Waals surface area contributed by atoms with Crippen LogP contribution in [0.15, 0.2) is 91.0 Å². The van der Waals surface area contributed by atoms with Gasteiger partial charge in [0.1, 0.15) is 17.2 Å². The van der Waals surface area contributed by atoms with Crippen LogP contribution in [-0.4, -0.2) is 38.3 Å². The number of ether oxygens (including phenoxy) is 5. The van der Waals surface area contributed by atoms with E-state index >= 15 is 0 Å². The first kappa shape index (κ1) is 32.8. The summed E-state index contributed by atoms with van der Waals surface area (Å²) in [6.45, 7) is 3.68. The Morgan fingerprint density at radius 3 is 1.98 bits per heavy atom. The topological polar surface area (TPSA) is 66.4 Å². The largest absolute Gasteiger partial charge is 0.497 e. The van der Waals surface area contributed by atoms with Crippen LogP contribution in [0.5, 0.6) is 17.2 Å². The Morgan fingerprint density at radius 2 is 1.36 bits per heavy atom. The van der Waals surface area contributed by atoms with Crippen molar-refractivity contribution in [2.45, 2.75) is 57.5 Å². The molecule has 0 aliphatic heterocycles. The molecule has 1 aliphatic carbocycles. The predicted molar refractivity (Wildman–Crippen MR) is 177 cm³/mol. The van der Waals surface area contributed by atoms with Crippen molar-refractivity contribution in [1.82, 2.24) is 0 Å². The van der Waals surface area contributed by atoms with Crippen LogP contribution < -0.4 is 14.2 Å². The normalized spacial score (nSPS) is 19.7. The Kier molecular flexibility index (Phi) is 11.4. The summed E-state index contributed by atoms with van der Waals surface area (Å²) < 4.78 is 29.0. The lowest BCUT2D eigenvalue weighted by molar-refractivity contribution is -0.277. The molecule has 0 aromatic heterocycles. The number of hydrogen-bond donors (Lipinski definition) is 1. The van der Waals surface area contributed by atoms with E-state index in [1.54, 1.807) is 14.2 Å². The zero-order valence-corrected chi connectivity index (χ0v) is 27.1. The summed E-state index contributed by atoms with van der Waals surface area (Å²) >= 11 is 6.72. The van der Waals surface area contributed by atoms with E-state index in [0.29, 0.717) is 31.3 Å². The number of hydrogen-bond acceptors (Lipinski definition) is 6. The number of benzene rings is 4. The van der Waals surface area contributed by atoms with Crippen molar-refractivity contribution in [1.29, 1.82) is 0 Å². The standard InChI is InChI=1S/C38H43ClO6/c1-4-44-35-19-8-27(9-20-35)22-31-23-30(14-21-37(31)39)36-7-5-6-32(26-43-24-28-10-15-33(41-2)16-11-28)38(36,40)45-25-29-12-17-34(42-3)18-13-29/h8-21,23,32,36,40H,4-7,22,24-26H2,1-3H3. The van der Waals surface area contributed by atoms with Gasteiger partial charge in [0.15, 0.2) is 5.79 Å². The fourth-order valence-corrected chi connectivity index (χ4v) is 6.28. The van der Waals surface area contributed by atoms with Crippen molar-refractivity contribution in [3.05, 3.63) is 124 Å². The first-order valence-corrected chi connectivity index (χ1v) is 16.0. The van der Waals surface area contributed by atoms with Crippen molar-refractivity contribution < 1.29 is 28.8 Å². The summed E-state index contributed by atoms with van der Waals surface area (Å²) in [5, 5.41) is 13.2. The Labute approximate surface area is 271 Å². The maximum Gasteiger partial charge on any atom is 0.177 e. The third kappa shape index (κ3) is 8.39. The second-order valence-corrected chi connectivity index (χ2v) is 11.9. The average Bonchev–Trinajstić information content (AvgIpc) is 3.07. The van der Waals surface area contributed by atoms with Gasteiger partial charge in [0, 0.05) is 16.9 Å². The molecule has 7 heteroatoms. The minimum Gasteiger partial charge on any atom is -0.497 e. The first-order valence-electron chi connectivity index (χ1n) is 15.6. The van der Waals surface area contributed by atoms with Gasteiger partial charge in [-0.1, -0.05) is 66.6 Å². The van der Waals surface area contributed by atoms with E-state index in [2.05, 4.69) is 18.2 Å². The molecule has 0 bridgehead atoms. The molecule has 1 N–H and O–H groups in total. The van der Waals surface area contributed by atoms with Gasteiger partial charge in [-0.15, -0.1) is 0 Å². The molecule has 0 amide bonds. The molecule has 6 nitrogen and oxygen atoms in total. The van der Waals surface area contributed by atoms with E-state index < -0.39 is 5.79 Å². The van der Waals surface area contributed by atoms with Crippen LogP contribution in [-0.2, 0) is 29.1 Å². The van der Waals surface area contributed by atoms with Gasteiger partial charge in [-0.25, -0.2) is 0 Å². The highest BCUT2D eigenvalue weighted by Gasteiger charge is 2.48. The first-order chi connectivity index (χ1) is 21.9. The van der Waals surface area contributed by atoms with Gasteiger partial charge >= 0.3 is 0 Å². The Balaban J connectivity index is 1.37. The summed E-state index contributed by atoms with van der Waals surface area (Å²) in [5.41, 5.74) is 5.16. The highest BCUT2D eigenvalue weighted by Crippen LogP contribution is 2.46. The van der Waals surface area contributed by atoms with Crippen LogP contribution in [0.4, 0.5) is 0 Å². The molecule has 5 rings (SSSR count). The molecule has 45 heavy (non-hydrogen) atoms. The van der Waals surface area contributed by atoms with E-state index in [1.807, 2.05) is 79.7 Å². The van der Waals surface area contributed by atoms with E-state index in [0.717, 1.165) is 64.3 Å². The zero-order valence-electron chi connectivity index (χ0n) is 26.3. The van der Waals surface area contributed by atoms with Crippen molar-refractivity contribution in [3.8, 4) is 17.2 Å². The number of methoxy groups -OCH3 is 2. The van der Waals surface area contributed by atoms with Gasteiger partial charge in [0.25, 0.3) is 0 Å². The second kappa shape index (κ2) is 15.6. The molecule has 0 radical (unpaired) electrons. The van der Waals surface area contributed by atoms with Crippen LogP contribution in [0.1, 0.15) is 59.9 Å². The Bertz CT molecular complexity index is 1490. The molecule has 3 unspecified atom stereocenters. The lowest BCUT2D eigenvalue weighted by atomic mass is 9.72. The molecular formula is C38H43ClO6. The molecule has 0 saturated heterocycles. The van der Waals surface area contributed by atoms with Gasteiger partial charge < -0.3 is 28.8 Å². The predicted octanol–water partition coefficient (Wildman–Crippen LogP) is 8.35.